The highest BCUT2D eigenvalue weighted by atomic mass is 35.5. The Morgan fingerprint density at radius 3 is 2.75 bits per heavy atom. The highest BCUT2D eigenvalue weighted by molar-refractivity contribution is 6.31. The monoisotopic (exact) mass is 188 g/mol. The molecule has 0 fully saturated rings. The van der Waals surface area contributed by atoms with E-state index in [1.54, 1.807) is 0 Å². The van der Waals surface area contributed by atoms with Crippen LogP contribution in [-0.4, -0.2) is 6.54 Å². The van der Waals surface area contributed by atoms with Gasteiger partial charge in [-0.25, -0.2) is 4.39 Å². The third kappa shape index (κ3) is 1.94. The van der Waals surface area contributed by atoms with Crippen molar-refractivity contribution >= 4 is 11.6 Å². The van der Waals surface area contributed by atoms with Gasteiger partial charge in [-0.1, -0.05) is 11.6 Å². The van der Waals surface area contributed by atoms with Crippen molar-refractivity contribution in [3.05, 3.63) is 34.6 Å². The first-order valence-corrected chi connectivity index (χ1v) is 3.93. The predicted octanol–water partition coefficient (Wildman–Crippen LogP) is 1.44. The van der Waals surface area contributed by atoms with Gasteiger partial charge in [0.1, 0.15) is 5.82 Å². The van der Waals surface area contributed by atoms with Crippen molar-refractivity contribution in [2.75, 3.05) is 6.54 Å². The van der Waals surface area contributed by atoms with Crippen LogP contribution in [0.15, 0.2) is 18.2 Å². The summed E-state index contributed by atoms with van der Waals surface area (Å²) in [6.45, 7) is 0.253. The minimum Gasteiger partial charge on any atom is -0.329 e. The van der Waals surface area contributed by atoms with Crippen molar-refractivity contribution in [3.63, 3.8) is 0 Å². The van der Waals surface area contributed by atoms with Crippen LogP contribution in [0.2, 0.25) is 5.02 Å². The lowest BCUT2D eigenvalue weighted by Gasteiger charge is -2.10. The molecule has 12 heavy (non-hydrogen) atoms. The van der Waals surface area contributed by atoms with Crippen LogP contribution in [0.1, 0.15) is 11.6 Å². The topological polar surface area (TPSA) is 52.0 Å². The van der Waals surface area contributed by atoms with Crippen LogP contribution in [0.4, 0.5) is 4.39 Å². The Balaban J connectivity index is 3.04. The summed E-state index contributed by atoms with van der Waals surface area (Å²) in [5, 5.41) is 0.453. The molecule has 4 N–H and O–H groups in total. The van der Waals surface area contributed by atoms with E-state index in [-0.39, 0.29) is 12.4 Å². The van der Waals surface area contributed by atoms with E-state index in [2.05, 4.69) is 0 Å². The summed E-state index contributed by atoms with van der Waals surface area (Å²) in [4.78, 5) is 0. The Bertz CT molecular complexity index is 278. The molecule has 1 aromatic carbocycles. The first kappa shape index (κ1) is 9.45. The number of rotatable bonds is 2. The molecule has 0 saturated carbocycles. The maximum Gasteiger partial charge on any atom is 0.123 e. The lowest BCUT2D eigenvalue weighted by atomic mass is 10.1. The first-order chi connectivity index (χ1) is 5.65. The van der Waals surface area contributed by atoms with Crippen molar-refractivity contribution in [1.82, 2.24) is 0 Å². The molecular formula is C8H10ClFN2. The SMILES string of the molecule is NC[C@@H](N)c1cc(F)ccc1Cl. The summed E-state index contributed by atoms with van der Waals surface area (Å²) >= 11 is 5.77. The van der Waals surface area contributed by atoms with Crippen LogP contribution in [-0.2, 0) is 0 Å². The smallest absolute Gasteiger partial charge is 0.123 e. The summed E-state index contributed by atoms with van der Waals surface area (Å²) in [7, 11) is 0. The average Bonchev–Trinajstić information content (AvgIpc) is 2.08. The number of hydrogen-bond donors (Lipinski definition) is 2. The van der Waals surface area contributed by atoms with Gasteiger partial charge in [-0.05, 0) is 23.8 Å². The lowest BCUT2D eigenvalue weighted by Crippen LogP contribution is -2.21. The molecule has 1 atom stereocenters. The molecule has 1 aromatic rings. The van der Waals surface area contributed by atoms with Crippen LogP contribution in [0, 0.1) is 5.82 Å². The summed E-state index contributed by atoms with van der Waals surface area (Å²) in [6, 6.07) is 3.67. The maximum atomic E-state index is 12.7. The molecule has 0 aromatic heterocycles. The molecule has 0 unspecified atom stereocenters. The first-order valence-electron chi connectivity index (χ1n) is 3.55. The molecule has 0 amide bonds. The number of benzene rings is 1. The summed E-state index contributed by atoms with van der Waals surface area (Å²) < 4.78 is 12.7. The van der Waals surface area contributed by atoms with Gasteiger partial charge in [0, 0.05) is 17.6 Å². The van der Waals surface area contributed by atoms with Crippen LogP contribution in [0.3, 0.4) is 0 Å². The van der Waals surface area contributed by atoms with E-state index in [1.165, 1.54) is 18.2 Å². The van der Waals surface area contributed by atoms with E-state index in [1.807, 2.05) is 0 Å². The molecular weight excluding hydrogens is 179 g/mol. The molecule has 0 saturated heterocycles. The van der Waals surface area contributed by atoms with Gasteiger partial charge in [0.05, 0.1) is 0 Å². The summed E-state index contributed by atoms with van der Waals surface area (Å²) in [5.74, 6) is -0.349. The van der Waals surface area contributed by atoms with Gasteiger partial charge in [0.25, 0.3) is 0 Å². The van der Waals surface area contributed by atoms with E-state index in [0.29, 0.717) is 10.6 Å². The second-order valence-electron chi connectivity index (χ2n) is 2.51. The molecule has 1 rings (SSSR count). The van der Waals surface area contributed by atoms with E-state index >= 15 is 0 Å². The zero-order valence-electron chi connectivity index (χ0n) is 6.43. The molecule has 2 nitrogen and oxygen atoms in total. The molecule has 0 aliphatic heterocycles. The number of hydrogen-bond acceptors (Lipinski definition) is 2. The summed E-state index contributed by atoms with van der Waals surface area (Å²) in [6.07, 6.45) is 0. The zero-order chi connectivity index (χ0) is 9.14. The molecule has 0 aliphatic rings. The van der Waals surface area contributed by atoms with Gasteiger partial charge in [0.2, 0.25) is 0 Å². The van der Waals surface area contributed by atoms with Crippen LogP contribution < -0.4 is 11.5 Å². The number of halogens is 2. The van der Waals surface area contributed by atoms with Crippen molar-refractivity contribution in [2.45, 2.75) is 6.04 Å². The lowest BCUT2D eigenvalue weighted by molar-refractivity contribution is 0.620. The molecule has 0 aliphatic carbocycles. The van der Waals surface area contributed by atoms with E-state index < -0.39 is 6.04 Å². The highest BCUT2D eigenvalue weighted by Gasteiger charge is 2.08. The number of nitrogens with two attached hydrogens (primary N) is 2. The van der Waals surface area contributed by atoms with Crippen LogP contribution in [0.5, 0.6) is 0 Å². The molecule has 4 heteroatoms. The minimum atomic E-state index is -0.395. The predicted molar refractivity (Wildman–Crippen MR) is 47.4 cm³/mol. The quantitative estimate of drug-likeness (QED) is 0.738. The van der Waals surface area contributed by atoms with Crippen LogP contribution >= 0.6 is 11.6 Å². The van der Waals surface area contributed by atoms with Gasteiger partial charge in [0.15, 0.2) is 0 Å². The average molecular weight is 189 g/mol. The van der Waals surface area contributed by atoms with Gasteiger partial charge in [-0.15, -0.1) is 0 Å². The van der Waals surface area contributed by atoms with Gasteiger partial charge >= 0.3 is 0 Å². The third-order valence-corrected chi connectivity index (χ3v) is 1.96. The van der Waals surface area contributed by atoms with E-state index in [0.717, 1.165) is 0 Å². The second-order valence-corrected chi connectivity index (χ2v) is 2.92. The molecule has 0 bridgehead atoms. The third-order valence-electron chi connectivity index (χ3n) is 1.61. The van der Waals surface area contributed by atoms with E-state index in [4.69, 9.17) is 23.1 Å². The second kappa shape index (κ2) is 3.85. The highest BCUT2D eigenvalue weighted by Crippen LogP contribution is 2.21. The van der Waals surface area contributed by atoms with Gasteiger partial charge < -0.3 is 11.5 Å². The van der Waals surface area contributed by atoms with Crippen LogP contribution in [0.25, 0.3) is 0 Å². The fraction of sp³-hybridized carbons (Fsp3) is 0.250. The maximum absolute atomic E-state index is 12.7. The largest absolute Gasteiger partial charge is 0.329 e. The van der Waals surface area contributed by atoms with Crippen molar-refractivity contribution in [2.24, 2.45) is 11.5 Å². The molecule has 0 heterocycles. The minimum absolute atomic E-state index is 0.253. The van der Waals surface area contributed by atoms with Gasteiger partial charge in [-0.3, -0.25) is 0 Å². The van der Waals surface area contributed by atoms with Crippen molar-refractivity contribution in [3.8, 4) is 0 Å². The summed E-state index contributed by atoms with van der Waals surface area (Å²) in [5.41, 5.74) is 11.5. The van der Waals surface area contributed by atoms with Crippen molar-refractivity contribution < 1.29 is 4.39 Å². The van der Waals surface area contributed by atoms with Gasteiger partial charge in [-0.2, -0.15) is 0 Å². The van der Waals surface area contributed by atoms with E-state index in [9.17, 15) is 4.39 Å². The Morgan fingerprint density at radius 2 is 2.17 bits per heavy atom. The molecule has 66 valence electrons. The van der Waals surface area contributed by atoms with Crippen molar-refractivity contribution in [1.29, 1.82) is 0 Å². The Morgan fingerprint density at radius 1 is 1.50 bits per heavy atom. The molecule has 0 spiro atoms. The zero-order valence-corrected chi connectivity index (χ0v) is 7.18. The Hall–Kier alpha value is -0.640. The normalized spacial score (nSPS) is 13.0. The fourth-order valence-electron chi connectivity index (χ4n) is 0.926. The fourth-order valence-corrected chi connectivity index (χ4v) is 1.18. The Kier molecular flexibility index (Phi) is 3.03. The standard InChI is InChI=1S/C8H10ClFN2/c9-7-2-1-5(10)3-6(7)8(12)4-11/h1-3,8H,4,11-12H2/t8-/m1/s1. The Labute approximate surface area is 75.3 Å². The molecule has 0 radical (unpaired) electrons.